The van der Waals surface area contributed by atoms with E-state index in [0.717, 1.165) is 25.9 Å². The van der Waals surface area contributed by atoms with Crippen LogP contribution in [0.15, 0.2) is 48.5 Å². The monoisotopic (exact) mass is 432 g/mol. The molecule has 2 aromatic carbocycles. The number of hydrogen-bond donors (Lipinski definition) is 1. The Labute approximate surface area is 175 Å². The number of carbonyl (C=O) groups excluding carboxylic acids is 1. The summed E-state index contributed by atoms with van der Waals surface area (Å²) in [5.74, 6) is -0.0259. The first-order chi connectivity index (χ1) is 14.9. The highest BCUT2D eigenvalue weighted by Crippen LogP contribution is 2.29. The summed E-state index contributed by atoms with van der Waals surface area (Å²) in [6.45, 7) is 1.52. The molecule has 162 valence electrons. The standard InChI is InChI=1S/C20H19F3N6O2/c21-20(22,23)31-15-9-7-14(8-10-15)24-17-6-2-1-5-16(17)19-25-27-29(26-19)13-18(30)28-11-3-4-12-28/h1-2,5-10,24H,3-4,11-13H2. The van der Waals surface area contributed by atoms with Crippen molar-refractivity contribution in [3.8, 4) is 17.1 Å². The van der Waals surface area contributed by atoms with E-state index in [1.54, 1.807) is 29.2 Å². The summed E-state index contributed by atoms with van der Waals surface area (Å²) >= 11 is 0. The van der Waals surface area contributed by atoms with Crippen LogP contribution in [0.5, 0.6) is 5.75 Å². The zero-order valence-corrected chi connectivity index (χ0v) is 16.3. The normalized spacial score (nSPS) is 14.0. The molecular formula is C20H19F3N6O2. The summed E-state index contributed by atoms with van der Waals surface area (Å²) in [7, 11) is 0. The van der Waals surface area contributed by atoms with Gasteiger partial charge in [-0.15, -0.1) is 23.4 Å². The van der Waals surface area contributed by atoms with Gasteiger partial charge in [0.25, 0.3) is 0 Å². The molecule has 1 amide bonds. The number of amides is 1. The molecule has 1 N–H and O–H groups in total. The Hall–Kier alpha value is -3.63. The predicted octanol–water partition coefficient (Wildman–Crippen LogP) is 3.60. The molecule has 8 nitrogen and oxygen atoms in total. The average molecular weight is 432 g/mol. The lowest BCUT2D eigenvalue weighted by molar-refractivity contribution is -0.274. The quantitative estimate of drug-likeness (QED) is 0.641. The molecule has 31 heavy (non-hydrogen) atoms. The van der Waals surface area contributed by atoms with Crippen molar-refractivity contribution in [1.82, 2.24) is 25.1 Å². The largest absolute Gasteiger partial charge is 0.573 e. The van der Waals surface area contributed by atoms with Crippen molar-refractivity contribution in [1.29, 1.82) is 0 Å². The first kappa shape index (κ1) is 20.6. The van der Waals surface area contributed by atoms with Crippen molar-refractivity contribution in [2.45, 2.75) is 25.7 Å². The molecule has 1 fully saturated rings. The molecule has 3 aromatic rings. The van der Waals surface area contributed by atoms with E-state index in [-0.39, 0.29) is 18.2 Å². The van der Waals surface area contributed by atoms with Crippen LogP contribution in [0.3, 0.4) is 0 Å². The van der Waals surface area contributed by atoms with Crippen LogP contribution in [-0.4, -0.2) is 50.5 Å². The second-order valence-electron chi connectivity index (χ2n) is 6.97. The van der Waals surface area contributed by atoms with Gasteiger partial charge in [0, 0.05) is 30.0 Å². The molecule has 11 heteroatoms. The molecule has 1 aromatic heterocycles. The molecule has 0 aliphatic carbocycles. The van der Waals surface area contributed by atoms with Gasteiger partial charge in [0.05, 0.1) is 0 Å². The maximum Gasteiger partial charge on any atom is 0.573 e. The lowest BCUT2D eigenvalue weighted by Crippen LogP contribution is -2.31. The van der Waals surface area contributed by atoms with Crippen molar-refractivity contribution in [3.63, 3.8) is 0 Å². The van der Waals surface area contributed by atoms with Gasteiger partial charge in [-0.2, -0.15) is 4.80 Å². The van der Waals surface area contributed by atoms with Gasteiger partial charge < -0.3 is 15.0 Å². The van der Waals surface area contributed by atoms with Crippen LogP contribution in [0, 0.1) is 0 Å². The van der Waals surface area contributed by atoms with Crippen molar-refractivity contribution >= 4 is 17.3 Å². The SMILES string of the molecule is O=C(Cn1nnc(-c2ccccc2Nc2ccc(OC(F)(F)F)cc2)n1)N1CCCC1. The van der Waals surface area contributed by atoms with Crippen LogP contribution >= 0.6 is 0 Å². The Morgan fingerprint density at radius 2 is 1.77 bits per heavy atom. The zero-order valence-electron chi connectivity index (χ0n) is 16.3. The minimum absolute atomic E-state index is 0.0171. The summed E-state index contributed by atoms with van der Waals surface area (Å²) in [5, 5.41) is 15.5. The fourth-order valence-electron chi connectivity index (χ4n) is 3.29. The molecule has 1 aliphatic rings. The van der Waals surface area contributed by atoms with Crippen LogP contribution in [0.25, 0.3) is 11.4 Å². The second kappa shape index (κ2) is 8.62. The minimum atomic E-state index is -4.74. The third-order valence-electron chi connectivity index (χ3n) is 4.72. The van der Waals surface area contributed by atoms with Crippen LogP contribution < -0.4 is 10.1 Å². The molecule has 0 bridgehead atoms. The van der Waals surface area contributed by atoms with E-state index in [4.69, 9.17) is 0 Å². The van der Waals surface area contributed by atoms with E-state index in [0.29, 0.717) is 22.8 Å². The second-order valence-corrected chi connectivity index (χ2v) is 6.97. The Morgan fingerprint density at radius 1 is 1.06 bits per heavy atom. The third-order valence-corrected chi connectivity index (χ3v) is 4.72. The number of alkyl halides is 3. The van der Waals surface area contributed by atoms with Crippen LogP contribution in [-0.2, 0) is 11.3 Å². The van der Waals surface area contributed by atoms with E-state index in [1.165, 1.54) is 29.1 Å². The molecule has 0 saturated carbocycles. The smallest absolute Gasteiger partial charge is 0.406 e. The number of ether oxygens (including phenoxy) is 1. The van der Waals surface area contributed by atoms with Crippen molar-refractivity contribution in [3.05, 3.63) is 48.5 Å². The number of benzene rings is 2. The van der Waals surface area contributed by atoms with Gasteiger partial charge >= 0.3 is 6.36 Å². The third kappa shape index (κ3) is 5.30. The Bertz CT molecular complexity index is 1050. The maximum atomic E-state index is 12.3. The van der Waals surface area contributed by atoms with Gasteiger partial charge in [-0.1, -0.05) is 12.1 Å². The van der Waals surface area contributed by atoms with E-state index in [9.17, 15) is 18.0 Å². The highest BCUT2D eigenvalue weighted by atomic mass is 19.4. The van der Waals surface area contributed by atoms with Gasteiger partial charge in [0.2, 0.25) is 11.7 Å². The lowest BCUT2D eigenvalue weighted by Gasteiger charge is -2.13. The number of rotatable bonds is 6. The highest BCUT2D eigenvalue weighted by Gasteiger charge is 2.31. The summed E-state index contributed by atoms with van der Waals surface area (Å²) in [5.41, 5.74) is 1.83. The molecule has 1 aliphatic heterocycles. The van der Waals surface area contributed by atoms with Crippen molar-refractivity contribution in [2.75, 3.05) is 18.4 Å². The van der Waals surface area contributed by atoms with Crippen LogP contribution in [0.2, 0.25) is 0 Å². The number of anilines is 2. The Morgan fingerprint density at radius 3 is 2.48 bits per heavy atom. The summed E-state index contributed by atoms with van der Waals surface area (Å²) in [6.07, 6.45) is -2.73. The molecule has 2 heterocycles. The lowest BCUT2D eigenvalue weighted by atomic mass is 10.1. The van der Waals surface area contributed by atoms with E-state index in [2.05, 4.69) is 25.5 Å². The van der Waals surface area contributed by atoms with Crippen molar-refractivity contribution < 1.29 is 22.7 Å². The van der Waals surface area contributed by atoms with E-state index >= 15 is 0 Å². The number of nitrogens with one attached hydrogen (secondary N) is 1. The molecular weight excluding hydrogens is 413 g/mol. The molecule has 0 radical (unpaired) electrons. The van der Waals surface area contributed by atoms with E-state index in [1.807, 2.05) is 0 Å². The summed E-state index contributed by atoms with van der Waals surface area (Å²) in [4.78, 5) is 15.3. The van der Waals surface area contributed by atoms with E-state index < -0.39 is 6.36 Å². The van der Waals surface area contributed by atoms with Gasteiger partial charge in [-0.05, 0) is 54.5 Å². The molecule has 1 saturated heterocycles. The van der Waals surface area contributed by atoms with Gasteiger partial charge in [0.1, 0.15) is 12.3 Å². The van der Waals surface area contributed by atoms with Crippen LogP contribution in [0.1, 0.15) is 12.8 Å². The number of aromatic nitrogens is 4. The average Bonchev–Trinajstić information content (AvgIpc) is 3.41. The summed E-state index contributed by atoms with van der Waals surface area (Å²) in [6, 6.07) is 12.5. The molecule has 4 rings (SSSR count). The number of hydrogen-bond acceptors (Lipinski definition) is 6. The minimum Gasteiger partial charge on any atom is -0.406 e. The highest BCUT2D eigenvalue weighted by molar-refractivity contribution is 5.78. The first-order valence-corrected chi connectivity index (χ1v) is 9.65. The maximum absolute atomic E-state index is 12.3. The van der Waals surface area contributed by atoms with Gasteiger partial charge in [-0.3, -0.25) is 4.79 Å². The number of para-hydroxylation sites is 1. The number of halogens is 3. The van der Waals surface area contributed by atoms with Gasteiger partial charge in [0.15, 0.2) is 0 Å². The molecule has 0 atom stereocenters. The number of nitrogens with zero attached hydrogens (tertiary/aromatic N) is 5. The first-order valence-electron chi connectivity index (χ1n) is 9.65. The fourth-order valence-corrected chi connectivity index (χ4v) is 3.29. The number of carbonyl (C=O) groups is 1. The Kier molecular flexibility index (Phi) is 5.74. The molecule has 0 spiro atoms. The van der Waals surface area contributed by atoms with Gasteiger partial charge in [-0.25, -0.2) is 0 Å². The Balaban J connectivity index is 1.47. The molecule has 0 unspecified atom stereocenters. The topological polar surface area (TPSA) is 85.2 Å². The predicted molar refractivity (Wildman–Crippen MR) is 105 cm³/mol. The zero-order chi connectivity index (χ0) is 21.8. The fraction of sp³-hybridized carbons (Fsp3) is 0.300. The summed E-state index contributed by atoms with van der Waals surface area (Å²) < 4.78 is 40.8. The van der Waals surface area contributed by atoms with Crippen molar-refractivity contribution in [2.24, 2.45) is 0 Å². The number of likely N-dealkylation sites (tertiary alicyclic amines) is 1. The number of tetrazole rings is 1. The van der Waals surface area contributed by atoms with Crippen LogP contribution in [0.4, 0.5) is 24.5 Å².